The Morgan fingerprint density at radius 1 is 0.884 bits per heavy atom. The molecule has 0 bridgehead atoms. The molecule has 1 aliphatic rings. The van der Waals surface area contributed by atoms with E-state index >= 15 is 0 Å². The predicted octanol–water partition coefficient (Wildman–Crippen LogP) is 7.67. The van der Waals surface area contributed by atoms with E-state index in [9.17, 15) is 18.0 Å². The number of nitrogens with zero attached hydrogens (tertiary/aromatic N) is 2. The topological polar surface area (TPSA) is 86.8 Å². The summed E-state index contributed by atoms with van der Waals surface area (Å²) in [7, 11) is -4.26. The zero-order valence-corrected chi connectivity index (χ0v) is 27.7. The summed E-state index contributed by atoms with van der Waals surface area (Å²) in [4.78, 5) is 28.9. The molecule has 3 aromatic rings. The first-order valence-electron chi connectivity index (χ1n) is 13.9. The summed E-state index contributed by atoms with van der Waals surface area (Å²) in [5, 5.41) is 4.20. The molecule has 1 fully saturated rings. The molecule has 0 heterocycles. The van der Waals surface area contributed by atoms with Crippen molar-refractivity contribution in [1.29, 1.82) is 0 Å². The summed E-state index contributed by atoms with van der Waals surface area (Å²) in [6.45, 7) is 2.78. The molecule has 0 saturated heterocycles. The van der Waals surface area contributed by atoms with Crippen LogP contribution in [0, 0.1) is 6.92 Å². The largest absolute Gasteiger partial charge is 0.352 e. The van der Waals surface area contributed by atoms with Crippen LogP contribution in [0.25, 0.3) is 0 Å². The molecule has 12 heteroatoms. The number of halogens is 4. The first-order valence-corrected chi connectivity index (χ1v) is 16.9. The second-order valence-electron chi connectivity index (χ2n) is 10.7. The van der Waals surface area contributed by atoms with Crippen LogP contribution in [0.15, 0.2) is 65.6 Å². The Labute approximate surface area is 273 Å². The Kier molecular flexibility index (Phi) is 11.3. The van der Waals surface area contributed by atoms with Gasteiger partial charge in [0.25, 0.3) is 10.0 Å². The third-order valence-corrected chi connectivity index (χ3v) is 10.3. The van der Waals surface area contributed by atoms with Crippen molar-refractivity contribution in [2.24, 2.45) is 0 Å². The zero-order valence-electron chi connectivity index (χ0n) is 23.8. The molecule has 43 heavy (non-hydrogen) atoms. The molecule has 1 saturated carbocycles. The van der Waals surface area contributed by atoms with E-state index in [-0.39, 0.29) is 39.1 Å². The Morgan fingerprint density at radius 2 is 1.51 bits per heavy atom. The van der Waals surface area contributed by atoms with Crippen LogP contribution in [0.3, 0.4) is 0 Å². The second kappa shape index (κ2) is 14.5. The Balaban J connectivity index is 1.72. The molecule has 1 atom stereocenters. The lowest BCUT2D eigenvalue weighted by Crippen LogP contribution is -2.53. The van der Waals surface area contributed by atoms with Gasteiger partial charge >= 0.3 is 0 Å². The third kappa shape index (κ3) is 8.58. The molecule has 0 aromatic heterocycles. The molecule has 230 valence electrons. The minimum Gasteiger partial charge on any atom is -0.352 e. The number of hydrogen-bond donors (Lipinski definition) is 1. The molecule has 1 N–H and O–H groups in total. The minimum atomic E-state index is -4.26. The van der Waals surface area contributed by atoms with Crippen LogP contribution >= 0.6 is 46.4 Å². The summed E-state index contributed by atoms with van der Waals surface area (Å²) in [6, 6.07) is 14.6. The van der Waals surface area contributed by atoms with Crippen molar-refractivity contribution in [3.8, 4) is 0 Å². The Hall–Kier alpha value is -2.49. The summed E-state index contributed by atoms with van der Waals surface area (Å²) in [5.74, 6) is -0.951. The van der Waals surface area contributed by atoms with Crippen LogP contribution in [0.4, 0.5) is 5.69 Å². The van der Waals surface area contributed by atoms with Crippen LogP contribution in [0.1, 0.15) is 50.2 Å². The maximum atomic E-state index is 14.2. The van der Waals surface area contributed by atoms with Gasteiger partial charge in [-0.25, -0.2) is 8.42 Å². The molecular weight excluding hydrogens is 652 g/mol. The highest BCUT2D eigenvalue weighted by atomic mass is 35.5. The summed E-state index contributed by atoms with van der Waals surface area (Å²) in [6.07, 6.45) is 4.91. The van der Waals surface area contributed by atoms with E-state index in [1.54, 1.807) is 37.3 Å². The number of anilines is 1. The Bertz CT molecular complexity index is 1560. The van der Waals surface area contributed by atoms with Gasteiger partial charge in [0.05, 0.1) is 10.6 Å². The number of sulfonamides is 1. The normalized spacial score (nSPS) is 14.7. The summed E-state index contributed by atoms with van der Waals surface area (Å²) >= 11 is 25.1. The van der Waals surface area contributed by atoms with Crippen LogP contribution in [-0.2, 0) is 26.2 Å². The maximum Gasteiger partial charge on any atom is 0.264 e. The third-order valence-electron chi connectivity index (χ3n) is 7.50. The molecule has 0 radical (unpaired) electrons. The molecule has 0 aliphatic heterocycles. The number of carbonyl (C=O) groups is 2. The number of amides is 2. The maximum absolute atomic E-state index is 14.2. The van der Waals surface area contributed by atoms with Crippen LogP contribution < -0.4 is 9.62 Å². The van der Waals surface area contributed by atoms with Crippen molar-refractivity contribution in [1.82, 2.24) is 10.2 Å². The van der Waals surface area contributed by atoms with Gasteiger partial charge in [0.1, 0.15) is 12.6 Å². The van der Waals surface area contributed by atoms with Crippen molar-refractivity contribution < 1.29 is 18.0 Å². The predicted molar refractivity (Wildman–Crippen MR) is 174 cm³/mol. The Morgan fingerprint density at radius 3 is 2.12 bits per heavy atom. The number of carbonyl (C=O) groups excluding carboxylic acids is 2. The monoisotopic (exact) mass is 683 g/mol. The van der Waals surface area contributed by atoms with E-state index in [2.05, 4.69) is 5.32 Å². The van der Waals surface area contributed by atoms with Crippen molar-refractivity contribution in [3.05, 3.63) is 91.9 Å². The standard InChI is InChI=1S/C31H33Cl4N3O4S/c1-20-8-12-28(13-9-20)43(41,42)38(27-15-24(33)14-25(34)16-27)19-30(39)37(18-22-10-11-23(32)17-29(22)35)21(2)31(40)36-26-6-4-3-5-7-26/h8-17,21,26H,3-7,18-19H2,1-2H3,(H,36,40)/t21-/m1/s1. The van der Waals surface area contributed by atoms with E-state index < -0.39 is 28.5 Å². The number of benzene rings is 3. The van der Waals surface area contributed by atoms with Crippen molar-refractivity contribution in [3.63, 3.8) is 0 Å². The lowest BCUT2D eigenvalue weighted by atomic mass is 9.95. The van der Waals surface area contributed by atoms with Gasteiger partial charge in [-0.15, -0.1) is 0 Å². The van der Waals surface area contributed by atoms with E-state index in [0.29, 0.717) is 15.6 Å². The fourth-order valence-corrected chi connectivity index (χ4v) is 7.41. The van der Waals surface area contributed by atoms with Gasteiger partial charge in [-0.3, -0.25) is 13.9 Å². The van der Waals surface area contributed by atoms with Crippen molar-refractivity contribution in [2.45, 2.75) is 69.5 Å². The van der Waals surface area contributed by atoms with Gasteiger partial charge in [-0.2, -0.15) is 0 Å². The van der Waals surface area contributed by atoms with Crippen LogP contribution in [-0.4, -0.2) is 43.8 Å². The van der Waals surface area contributed by atoms with Gasteiger partial charge in [0.15, 0.2) is 0 Å². The molecule has 3 aromatic carbocycles. The number of aryl methyl sites for hydroxylation is 1. The van der Waals surface area contributed by atoms with E-state index in [4.69, 9.17) is 46.4 Å². The highest BCUT2D eigenvalue weighted by molar-refractivity contribution is 7.92. The van der Waals surface area contributed by atoms with E-state index in [0.717, 1.165) is 42.0 Å². The second-order valence-corrected chi connectivity index (χ2v) is 14.3. The number of hydrogen-bond acceptors (Lipinski definition) is 4. The highest BCUT2D eigenvalue weighted by Gasteiger charge is 2.33. The van der Waals surface area contributed by atoms with Gasteiger partial charge in [0.2, 0.25) is 11.8 Å². The molecule has 0 unspecified atom stereocenters. The molecule has 7 nitrogen and oxygen atoms in total. The zero-order chi connectivity index (χ0) is 31.3. The molecule has 2 amide bonds. The van der Waals surface area contributed by atoms with Crippen molar-refractivity contribution >= 4 is 73.9 Å². The average molecular weight is 686 g/mol. The fourth-order valence-electron chi connectivity index (χ4n) is 5.03. The molecule has 4 rings (SSSR count). The van der Waals surface area contributed by atoms with Gasteiger partial charge in [-0.05, 0) is 74.7 Å². The lowest BCUT2D eigenvalue weighted by molar-refractivity contribution is -0.139. The fraction of sp³-hybridized carbons (Fsp3) is 0.355. The van der Waals surface area contributed by atoms with Gasteiger partial charge < -0.3 is 10.2 Å². The first kappa shape index (κ1) is 33.4. The smallest absolute Gasteiger partial charge is 0.264 e. The summed E-state index contributed by atoms with van der Waals surface area (Å²) in [5.41, 5.74) is 1.53. The SMILES string of the molecule is Cc1ccc(S(=O)(=O)N(CC(=O)N(Cc2ccc(Cl)cc2Cl)[C@H](C)C(=O)NC2CCCCC2)c2cc(Cl)cc(Cl)c2)cc1. The minimum absolute atomic E-state index is 0.0163. The quantitative estimate of drug-likeness (QED) is 0.238. The van der Waals surface area contributed by atoms with Crippen molar-refractivity contribution in [2.75, 3.05) is 10.8 Å². The van der Waals surface area contributed by atoms with E-state index in [1.165, 1.54) is 35.2 Å². The highest BCUT2D eigenvalue weighted by Crippen LogP contribution is 2.31. The molecular formula is C31H33Cl4N3O4S. The summed E-state index contributed by atoms with van der Waals surface area (Å²) < 4.78 is 28.9. The van der Waals surface area contributed by atoms with Crippen LogP contribution in [0.5, 0.6) is 0 Å². The van der Waals surface area contributed by atoms with E-state index in [1.807, 2.05) is 6.92 Å². The van der Waals surface area contributed by atoms with Gasteiger partial charge in [-0.1, -0.05) is 89.4 Å². The number of nitrogens with one attached hydrogen (secondary N) is 1. The molecule has 0 spiro atoms. The van der Waals surface area contributed by atoms with Crippen LogP contribution in [0.2, 0.25) is 20.1 Å². The number of rotatable bonds is 10. The average Bonchev–Trinajstić information content (AvgIpc) is 2.95. The molecule has 1 aliphatic carbocycles. The lowest BCUT2D eigenvalue weighted by Gasteiger charge is -2.33. The first-order chi connectivity index (χ1) is 20.3. The van der Waals surface area contributed by atoms with Gasteiger partial charge in [0, 0.05) is 32.7 Å².